The molecule has 0 unspecified atom stereocenters. The summed E-state index contributed by atoms with van der Waals surface area (Å²) in [6.07, 6.45) is 2.30. The first-order valence-corrected chi connectivity index (χ1v) is 8.20. The van der Waals surface area contributed by atoms with E-state index in [0.717, 1.165) is 17.5 Å². The second-order valence-electron chi connectivity index (χ2n) is 5.76. The van der Waals surface area contributed by atoms with Gasteiger partial charge < -0.3 is 4.74 Å². The molecule has 120 valence electrons. The molecule has 0 aliphatic carbocycles. The Labute approximate surface area is 142 Å². The predicted octanol–water partition coefficient (Wildman–Crippen LogP) is 5.51. The van der Waals surface area contributed by atoms with Crippen LogP contribution in [0, 0.1) is 0 Å². The van der Waals surface area contributed by atoms with Gasteiger partial charge >= 0.3 is 0 Å². The van der Waals surface area contributed by atoms with E-state index in [2.05, 4.69) is 55.5 Å². The van der Waals surface area contributed by atoms with Crippen molar-refractivity contribution in [2.24, 2.45) is 0 Å². The molecule has 24 heavy (non-hydrogen) atoms. The number of ether oxygens (including phenoxy) is 1. The van der Waals surface area contributed by atoms with Crippen molar-refractivity contribution in [1.29, 1.82) is 0 Å². The second kappa shape index (κ2) is 7.60. The average Bonchev–Trinajstić information content (AvgIpc) is 2.64. The molecule has 0 saturated heterocycles. The number of hydrogen-bond donors (Lipinski definition) is 0. The summed E-state index contributed by atoms with van der Waals surface area (Å²) in [4.78, 5) is 10.3. The van der Waals surface area contributed by atoms with Gasteiger partial charge in [0.1, 0.15) is 5.75 Å². The van der Waals surface area contributed by atoms with Crippen LogP contribution in [0.5, 0.6) is 5.75 Å². The van der Waals surface area contributed by atoms with Crippen LogP contribution in [-0.2, 0) is 11.2 Å². The normalized spacial score (nSPS) is 10.4. The molecule has 3 aromatic carbocycles. The van der Waals surface area contributed by atoms with E-state index in [-0.39, 0.29) is 0 Å². The van der Waals surface area contributed by atoms with Crippen LogP contribution < -0.4 is 4.74 Å². The van der Waals surface area contributed by atoms with Crippen molar-refractivity contribution in [2.75, 3.05) is 0 Å². The Hall–Kier alpha value is -2.87. The molecule has 0 aliphatic heterocycles. The van der Waals surface area contributed by atoms with E-state index < -0.39 is 0 Å². The minimum atomic E-state index is 0.440. The van der Waals surface area contributed by atoms with Crippen molar-refractivity contribution >= 4 is 6.47 Å². The highest BCUT2D eigenvalue weighted by Gasteiger charge is 2.02. The first-order chi connectivity index (χ1) is 11.8. The number of hydrogen-bond acceptors (Lipinski definition) is 2. The van der Waals surface area contributed by atoms with E-state index in [1.165, 1.54) is 23.1 Å². The zero-order valence-electron chi connectivity index (χ0n) is 13.7. The van der Waals surface area contributed by atoms with Crippen LogP contribution in [0.15, 0.2) is 72.8 Å². The van der Waals surface area contributed by atoms with Gasteiger partial charge in [0, 0.05) is 0 Å². The molecule has 0 radical (unpaired) electrons. The quantitative estimate of drug-likeness (QED) is 0.561. The predicted molar refractivity (Wildman–Crippen MR) is 98.0 cm³/mol. The summed E-state index contributed by atoms with van der Waals surface area (Å²) in [6, 6.07) is 24.8. The molecule has 0 atom stereocenters. The Kier molecular flexibility index (Phi) is 5.07. The van der Waals surface area contributed by atoms with Gasteiger partial charge in [-0.05, 0) is 46.4 Å². The molecule has 0 heterocycles. The summed E-state index contributed by atoms with van der Waals surface area (Å²) < 4.78 is 4.82. The van der Waals surface area contributed by atoms with Crippen molar-refractivity contribution in [2.45, 2.75) is 19.8 Å². The van der Waals surface area contributed by atoms with Crippen LogP contribution in [0.2, 0.25) is 0 Å². The van der Waals surface area contributed by atoms with Gasteiger partial charge in [0.15, 0.2) is 0 Å². The van der Waals surface area contributed by atoms with Gasteiger partial charge in [-0.25, -0.2) is 0 Å². The van der Waals surface area contributed by atoms with Crippen LogP contribution in [-0.4, -0.2) is 6.47 Å². The van der Waals surface area contributed by atoms with Crippen LogP contribution in [0.1, 0.15) is 18.9 Å². The first kappa shape index (κ1) is 16.0. The van der Waals surface area contributed by atoms with E-state index in [9.17, 15) is 4.79 Å². The first-order valence-electron chi connectivity index (χ1n) is 8.20. The summed E-state index contributed by atoms with van der Waals surface area (Å²) >= 11 is 0. The van der Waals surface area contributed by atoms with Gasteiger partial charge in [0.25, 0.3) is 6.47 Å². The topological polar surface area (TPSA) is 26.3 Å². The van der Waals surface area contributed by atoms with E-state index in [0.29, 0.717) is 12.2 Å². The van der Waals surface area contributed by atoms with Gasteiger partial charge in [-0.15, -0.1) is 0 Å². The fourth-order valence-electron chi connectivity index (χ4n) is 2.79. The molecule has 2 nitrogen and oxygen atoms in total. The third-order valence-electron chi connectivity index (χ3n) is 4.08. The highest BCUT2D eigenvalue weighted by molar-refractivity contribution is 5.71. The molecule has 0 N–H and O–H groups in total. The van der Waals surface area contributed by atoms with Gasteiger partial charge in [-0.2, -0.15) is 0 Å². The van der Waals surface area contributed by atoms with Crippen LogP contribution >= 0.6 is 0 Å². The summed E-state index contributed by atoms with van der Waals surface area (Å²) in [6.45, 7) is 2.64. The molecule has 2 heteroatoms. The second-order valence-corrected chi connectivity index (χ2v) is 5.76. The fraction of sp³-hybridized carbons (Fsp3) is 0.136. The third-order valence-corrected chi connectivity index (χ3v) is 4.08. The highest BCUT2D eigenvalue weighted by Crippen LogP contribution is 2.26. The minimum Gasteiger partial charge on any atom is -0.429 e. The van der Waals surface area contributed by atoms with Gasteiger partial charge in [0.05, 0.1) is 0 Å². The zero-order chi connectivity index (χ0) is 16.8. The maximum absolute atomic E-state index is 10.3. The van der Waals surface area contributed by atoms with Crippen molar-refractivity contribution < 1.29 is 9.53 Å². The summed E-state index contributed by atoms with van der Waals surface area (Å²) in [5.74, 6) is 0.553. The monoisotopic (exact) mass is 316 g/mol. The smallest absolute Gasteiger partial charge is 0.298 e. The largest absolute Gasteiger partial charge is 0.429 e. The molecule has 0 saturated carbocycles. The summed E-state index contributed by atoms with van der Waals surface area (Å²) in [5, 5.41) is 0. The zero-order valence-corrected chi connectivity index (χ0v) is 13.7. The molecular formula is C22H20O2. The lowest BCUT2D eigenvalue weighted by molar-refractivity contribution is -0.120. The molecular weight excluding hydrogens is 296 g/mol. The molecule has 0 bridgehead atoms. The van der Waals surface area contributed by atoms with Gasteiger partial charge in [-0.1, -0.05) is 74.0 Å². The molecule has 0 amide bonds. The van der Waals surface area contributed by atoms with E-state index >= 15 is 0 Å². The standard InChI is InChI=1S/C22H20O2/c1-2-3-17-4-6-18(7-5-17)19-8-10-20(11-9-19)21-12-14-22(15-13-21)24-16-23/h4-16H,2-3H2,1H3. The average molecular weight is 316 g/mol. The molecule has 3 aromatic rings. The van der Waals surface area contributed by atoms with Crippen molar-refractivity contribution in [3.05, 3.63) is 78.4 Å². The lowest BCUT2D eigenvalue weighted by atomic mass is 9.99. The Morgan fingerprint density at radius 2 is 1.12 bits per heavy atom. The number of benzene rings is 3. The Morgan fingerprint density at radius 3 is 1.54 bits per heavy atom. The van der Waals surface area contributed by atoms with Crippen LogP contribution in [0.4, 0.5) is 0 Å². The molecule has 0 aromatic heterocycles. The van der Waals surface area contributed by atoms with Gasteiger partial charge in [0.2, 0.25) is 0 Å². The van der Waals surface area contributed by atoms with E-state index in [1.807, 2.05) is 12.1 Å². The maximum Gasteiger partial charge on any atom is 0.298 e. The highest BCUT2D eigenvalue weighted by atomic mass is 16.5. The number of rotatable bonds is 6. The lowest BCUT2D eigenvalue weighted by Gasteiger charge is -2.07. The van der Waals surface area contributed by atoms with E-state index in [4.69, 9.17) is 4.74 Å². The Balaban J connectivity index is 1.78. The summed E-state index contributed by atoms with van der Waals surface area (Å²) in [7, 11) is 0. The summed E-state index contributed by atoms with van der Waals surface area (Å²) in [5.41, 5.74) is 6.06. The number of carbonyl (C=O) groups is 1. The van der Waals surface area contributed by atoms with Crippen LogP contribution in [0.25, 0.3) is 22.3 Å². The minimum absolute atomic E-state index is 0.440. The number of carbonyl (C=O) groups excluding carboxylic acids is 1. The molecule has 3 rings (SSSR count). The lowest BCUT2D eigenvalue weighted by Crippen LogP contribution is -1.88. The van der Waals surface area contributed by atoms with Crippen LogP contribution in [0.3, 0.4) is 0 Å². The molecule has 0 aliphatic rings. The Bertz CT molecular complexity index is 785. The third kappa shape index (κ3) is 3.72. The molecule has 0 spiro atoms. The SMILES string of the molecule is CCCc1ccc(-c2ccc(-c3ccc(OC=O)cc3)cc2)cc1. The van der Waals surface area contributed by atoms with E-state index in [1.54, 1.807) is 12.1 Å². The van der Waals surface area contributed by atoms with Crippen molar-refractivity contribution in [3.63, 3.8) is 0 Å². The maximum atomic E-state index is 10.3. The van der Waals surface area contributed by atoms with Gasteiger partial charge in [-0.3, -0.25) is 4.79 Å². The fourth-order valence-corrected chi connectivity index (χ4v) is 2.79. The Morgan fingerprint density at radius 1 is 0.708 bits per heavy atom. The van der Waals surface area contributed by atoms with Crippen molar-refractivity contribution in [1.82, 2.24) is 0 Å². The molecule has 0 fully saturated rings. The number of aryl methyl sites for hydroxylation is 1. The van der Waals surface area contributed by atoms with Crippen molar-refractivity contribution in [3.8, 4) is 28.0 Å².